The van der Waals surface area contributed by atoms with E-state index in [1.54, 1.807) is 28.4 Å². The number of fused-ring (bicyclic) bond motifs is 1. The normalized spacial score (nSPS) is 11.0. The highest BCUT2D eigenvalue weighted by atomic mass is 35.5. The lowest BCUT2D eigenvalue weighted by Gasteiger charge is -2.06. The van der Waals surface area contributed by atoms with Gasteiger partial charge in [-0.15, -0.1) is 10.2 Å². The van der Waals surface area contributed by atoms with E-state index in [4.69, 9.17) is 27.9 Å². The molecular weight excluding hydrogens is 341 g/mol. The maximum Gasteiger partial charge on any atom is 0.195 e. The van der Waals surface area contributed by atoms with Crippen LogP contribution >= 0.6 is 35.0 Å². The van der Waals surface area contributed by atoms with E-state index in [1.807, 2.05) is 31.2 Å². The average Bonchev–Trinajstić information content (AvgIpc) is 2.87. The van der Waals surface area contributed by atoms with Crippen molar-refractivity contribution in [3.63, 3.8) is 0 Å². The van der Waals surface area contributed by atoms with Gasteiger partial charge in [-0.2, -0.15) is 0 Å². The molecule has 0 unspecified atom stereocenters. The molecule has 114 valence electrons. The number of hydrogen-bond acceptors (Lipinski definition) is 4. The number of aromatic nitrogens is 3. The Kier molecular flexibility index (Phi) is 4.76. The fraction of sp³-hybridized carbons (Fsp3) is 0.200. The predicted octanol–water partition coefficient (Wildman–Crippen LogP) is 4.52. The van der Waals surface area contributed by atoms with Crippen LogP contribution in [-0.2, 0) is 0 Å². The number of pyridine rings is 1. The topological polar surface area (TPSA) is 39.4 Å². The van der Waals surface area contributed by atoms with E-state index in [0.29, 0.717) is 22.3 Å². The summed E-state index contributed by atoms with van der Waals surface area (Å²) in [7, 11) is 0. The molecule has 22 heavy (non-hydrogen) atoms. The minimum Gasteiger partial charge on any atom is -0.493 e. The molecule has 0 fully saturated rings. The van der Waals surface area contributed by atoms with E-state index in [2.05, 4.69) is 10.2 Å². The van der Waals surface area contributed by atoms with Crippen molar-refractivity contribution in [2.75, 3.05) is 12.4 Å². The standard InChI is InChI=1S/C15H13Cl2N3OS/c1-10-3-2-4-12(7-10)21-5-6-22-15-19-18-14-13(17)8-11(16)9-20(14)15/h2-4,7-9H,5-6H2,1H3. The van der Waals surface area contributed by atoms with Gasteiger partial charge in [-0.1, -0.05) is 47.1 Å². The molecule has 0 spiro atoms. The Balaban J connectivity index is 1.62. The monoisotopic (exact) mass is 353 g/mol. The van der Waals surface area contributed by atoms with Crippen molar-refractivity contribution in [3.8, 4) is 5.75 Å². The number of aryl methyl sites for hydroxylation is 1. The second kappa shape index (κ2) is 6.77. The first kappa shape index (κ1) is 15.5. The van der Waals surface area contributed by atoms with Crippen molar-refractivity contribution in [2.24, 2.45) is 0 Å². The minimum atomic E-state index is 0.489. The van der Waals surface area contributed by atoms with E-state index in [0.717, 1.165) is 16.7 Å². The summed E-state index contributed by atoms with van der Waals surface area (Å²) in [5.41, 5.74) is 1.78. The van der Waals surface area contributed by atoms with Gasteiger partial charge in [-0.3, -0.25) is 4.40 Å². The first-order chi connectivity index (χ1) is 10.6. The fourth-order valence-electron chi connectivity index (χ4n) is 2.00. The largest absolute Gasteiger partial charge is 0.493 e. The number of rotatable bonds is 5. The molecule has 2 heterocycles. The van der Waals surface area contributed by atoms with Gasteiger partial charge < -0.3 is 4.74 Å². The lowest BCUT2D eigenvalue weighted by molar-refractivity contribution is 0.343. The number of halogens is 2. The SMILES string of the molecule is Cc1cccc(OCCSc2nnc3c(Cl)cc(Cl)cn23)c1. The zero-order chi connectivity index (χ0) is 15.5. The summed E-state index contributed by atoms with van der Waals surface area (Å²) >= 11 is 13.6. The van der Waals surface area contributed by atoms with Crippen LogP contribution < -0.4 is 4.74 Å². The highest BCUT2D eigenvalue weighted by molar-refractivity contribution is 7.99. The van der Waals surface area contributed by atoms with Crippen LogP contribution in [0.25, 0.3) is 5.65 Å². The zero-order valence-electron chi connectivity index (χ0n) is 11.8. The number of nitrogens with zero attached hydrogens (tertiary/aromatic N) is 3. The molecule has 0 aliphatic heterocycles. The second-order valence-corrected chi connectivity index (χ2v) is 6.60. The first-order valence-electron chi connectivity index (χ1n) is 6.65. The number of hydrogen-bond donors (Lipinski definition) is 0. The fourth-order valence-corrected chi connectivity index (χ4v) is 3.23. The average molecular weight is 354 g/mol. The third-order valence-electron chi connectivity index (χ3n) is 2.97. The third kappa shape index (κ3) is 3.48. The summed E-state index contributed by atoms with van der Waals surface area (Å²) in [5, 5.41) is 9.98. The van der Waals surface area contributed by atoms with Gasteiger partial charge in [0.15, 0.2) is 10.8 Å². The van der Waals surface area contributed by atoms with Crippen LogP contribution in [0.3, 0.4) is 0 Å². The molecule has 3 rings (SSSR count). The molecule has 0 amide bonds. The maximum absolute atomic E-state index is 6.09. The van der Waals surface area contributed by atoms with Gasteiger partial charge in [0, 0.05) is 11.9 Å². The quantitative estimate of drug-likeness (QED) is 0.499. The lowest BCUT2D eigenvalue weighted by Crippen LogP contribution is -2.01. The van der Waals surface area contributed by atoms with E-state index >= 15 is 0 Å². The van der Waals surface area contributed by atoms with Crippen LogP contribution in [0.4, 0.5) is 0 Å². The van der Waals surface area contributed by atoms with Gasteiger partial charge in [0.25, 0.3) is 0 Å². The molecule has 7 heteroatoms. The van der Waals surface area contributed by atoms with Crippen LogP contribution in [0.5, 0.6) is 5.75 Å². The summed E-state index contributed by atoms with van der Waals surface area (Å²) < 4.78 is 7.51. The molecule has 0 radical (unpaired) electrons. The lowest BCUT2D eigenvalue weighted by atomic mass is 10.2. The van der Waals surface area contributed by atoms with Crippen molar-refractivity contribution in [1.82, 2.24) is 14.6 Å². The van der Waals surface area contributed by atoms with E-state index in [-0.39, 0.29) is 0 Å². The summed E-state index contributed by atoms with van der Waals surface area (Å²) in [5.74, 6) is 1.62. The zero-order valence-corrected chi connectivity index (χ0v) is 14.1. The summed E-state index contributed by atoms with van der Waals surface area (Å²) in [6.45, 7) is 2.62. The highest BCUT2D eigenvalue weighted by Gasteiger charge is 2.10. The molecule has 0 aliphatic carbocycles. The third-order valence-corrected chi connectivity index (χ3v) is 4.36. The molecule has 0 aliphatic rings. The Hall–Kier alpha value is -1.43. The Labute approximate surface area is 142 Å². The second-order valence-electron chi connectivity index (χ2n) is 4.70. The smallest absolute Gasteiger partial charge is 0.195 e. The highest BCUT2D eigenvalue weighted by Crippen LogP contribution is 2.25. The summed E-state index contributed by atoms with van der Waals surface area (Å²) in [4.78, 5) is 0. The molecule has 2 aromatic heterocycles. The van der Waals surface area contributed by atoms with Crippen LogP contribution in [-0.4, -0.2) is 27.0 Å². The van der Waals surface area contributed by atoms with E-state index in [1.165, 1.54) is 5.56 Å². The van der Waals surface area contributed by atoms with Crippen molar-refractivity contribution in [3.05, 3.63) is 52.1 Å². The maximum atomic E-state index is 6.09. The van der Waals surface area contributed by atoms with Gasteiger partial charge in [0.05, 0.1) is 16.7 Å². The van der Waals surface area contributed by atoms with Crippen LogP contribution in [0.1, 0.15) is 5.56 Å². The molecule has 1 aromatic carbocycles. The van der Waals surface area contributed by atoms with Gasteiger partial charge >= 0.3 is 0 Å². The molecule has 0 N–H and O–H groups in total. The molecule has 4 nitrogen and oxygen atoms in total. The van der Waals surface area contributed by atoms with E-state index in [9.17, 15) is 0 Å². The van der Waals surface area contributed by atoms with Gasteiger partial charge in [0.2, 0.25) is 0 Å². The molecule has 0 saturated carbocycles. The Bertz CT molecular complexity index is 807. The van der Waals surface area contributed by atoms with Crippen molar-refractivity contribution in [2.45, 2.75) is 12.1 Å². The molecule has 0 bridgehead atoms. The summed E-state index contributed by atoms with van der Waals surface area (Å²) in [6, 6.07) is 9.63. The van der Waals surface area contributed by atoms with Gasteiger partial charge in [0.1, 0.15) is 5.75 Å². The number of ether oxygens (including phenoxy) is 1. The Morgan fingerprint density at radius 3 is 2.91 bits per heavy atom. The Morgan fingerprint density at radius 2 is 2.09 bits per heavy atom. The van der Waals surface area contributed by atoms with Crippen molar-refractivity contribution >= 4 is 40.6 Å². The minimum absolute atomic E-state index is 0.489. The van der Waals surface area contributed by atoms with Crippen LogP contribution in [0.2, 0.25) is 10.0 Å². The predicted molar refractivity (Wildman–Crippen MR) is 90.4 cm³/mol. The number of thioether (sulfide) groups is 1. The first-order valence-corrected chi connectivity index (χ1v) is 8.40. The van der Waals surface area contributed by atoms with Crippen LogP contribution in [0, 0.1) is 6.92 Å². The molecule has 3 aromatic rings. The van der Waals surface area contributed by atoms with Crippen molar-refractivity contribution < 1.29 is 4.74 Å². The summed E-state index contributed by atoms with van der Waals surface area (Å²) in [6.07, 6.45) is 1.76. The van der Waals surface area contributed by atoms with Gasteiger partial charge in [-0.25, -0.2) is 0 Å². The van der Waals surface area contributed by atoms with Crippen LogP contribution in [0.15, 0.2) is 41.7 Å². The van der Waals surface area contributed by atoms with E-state index < -0.39 is 0 Å². The Morgan fingerprint density at radius 1 is 1.23 bits per heavy atom. The van der Waals surface area contributed by atoms with Crippen molar-refractivity contribution in [1.29, 1.82) is 0 Å². The van der Waals surface area contributed by atoms with Gasteiger partial charge in [-0.05, 0) is 30.7 Å². The molecule has 0 saturated heterocycles. The molecular formula is C15H13Cl2N3OS. The molecule has 0 atom stereocenters. The number of benzene rings is 1.